The number of nitrogens with two attached hydrogens (primary N) is 1. The first-order chi connectivity index (χ1) is 20.9. The van der Waals surface area contributed by atoms with E-state index in [0.29, 0.717) is 31.3 Å². The van der Waals surface area contributed by atoms with Gasteiger partial charge in [-0.05, 0) is 54.1 Å². The molecule has 1 saturated heterocycles. The maximum absolute atomic E-state index is 12.2. The molecule has 0 spiro atoms. The number of fused-ring (bicyclic) bond motifs is 2. The highest BCUT2D eigenvalue weighted by Gasteiger charge is 2.29. The first-order valence-electron chi connectivity index (χ1n) is 14.4. The normalized spacial score (nSPS) is 15.2. The number of anilines is 1. The Morgan fingerprint density at radius 1 is 1.05 bits per heavy atom. The van der Waals surface area contributed by atoms with E-state index in [-0.39, 0.29) is 31.6 Å². The third kappa shape index (κ3) is 5.87. The molecule has 3 aromatic carbocycles. The molecule has 6 rings (SSSR count). The average Bonchev–Trinajstić information content (AvgIpc) is 3.60. The number of pyridine rings is 1. The average molecular weight is 580 g/mol. The molecular formula is C33H33N5O5. The van der Waals surface area contributed by atoms with E-state index >= 15 is 0 Å². The number of ether oxygens (including phenoxy) is 2. The van der Waals surface area contributed by atoms with Crippen molar-refractivity contribution in [2.24, 2.45) is 0 Å². The molecule has 0 unspecified atom stereocenters. The number of likely N-dealkylation sites (tertiary alicyclic amines) is 1. The Morgan fingerprint density at radius 3 is 2.74 bits per heavy atom. The van der Waals surface area contributed by atoms with Gasteiger partial charge in [0.15, 0.2) is 0 Å². The van der Waals surface area contributed by atoms with Crippen LogP contribution in [0.15, 0.2) is 72.9 Å². The number of nitrogens with zero attached hydrogens (tertiary/aromatic N) is 4. The van der Waals surface area contributed by atoms with Gasteiger partial charge in [-0.25, -0.2) is 4.98 Å². The van der Waals surface area contributed by atoms with Gasteiger partial charge < -0.3 is 20.3 Å². The highest BCUT2D eigenvalue weighted by atomic mass is 16.5. The molecule has 0 radical (unpaired) electrons. The number of carboxylic acid groups (broad SMARTS) is 1. The van der Waals surface area contributed by atoms with Crippen LogP contribution in [0.1, 0.15) is 30.6 Å². The van der Waals surface area contributed by atoms with E-state index in [4.69, 9.17) is 20.3 Å². The van der Waals surface area contributed by atoms with Gasteiger partial charge >= 0.3 is 11.9 Å². The van der Waals surface area contributed by atoms with Crippen molar-refractivity contribution in [3.63, 3.8) is 0 Å². The predicted octanol–water partition coefficient (Wildman–Crippen LogP) is 4.85. The van der Waals surface area contributed by atoms with Crippen molar-refractivity contribution in [3.05, 3.63) is 84.2 Å². The molecular weight excluding hydrogens is 546 g/mol. The van der Waals surface area contributed by atoms with Crippen LogP contribution in [0.3, 0.4) is 0 Å². The molecule has 0 saturated carbocycles. The zero-order valence-corrected chi connectivity index (χ0v) is 23.9. The molecule has 43 heavy (non-hydrogen) atoms. The van der Waals surface area contributed by atoms with Crippen molar-refractivity contribution in [2.75, 3.05) is 32.0 Å². The Balaban J connectivity index is 1.40. The van der Waals surface area contributed by atoms with Crippen molar-refractivity contribution < 1.29 is 24.2 Å². The first kappa shape index (κ1) is 28.2. The van der Waals surface area contributed by atoms with Gasteiger partial charge in [0.25, 0.3) is 0 Å². The summed E-state index contributed by atoms with van der Waals surface area (Å²) in [4.78, 5) is 29.8. The van der Waals surface area contributed by atoms with E-state index in [0.717, 1.165) is 50.5 Å². The Labute approximate surface area is 248 Å². The zero-order chi connectivity index (χ0) is 29.9. The third-order valence-electron chi connectivity index (χ3n) is 7.88. The molecule has 1 fully saturated rings. The fraction of sp³-hybridized carbons (Fsp3) is 0.273. The van der Waals surface area contributed by atoms with Gasteiger partial charge in [0.1, 0.15) is 18.2 Å². The van der Waals surface area contributed by atoms with Crippen LogP contribution in [0.25, 0.3) is 32.8 Å². The number of hydrogen-bond acceptors (Lipinski definition) is 8. The van der Waals surface area contributed by atoms with Gasteiger partial charge in [-0.1, -0.05) is 42.5 Å². The standard InChI is InChI=1S/C33H33N5O5/c1-2-42-32(41)17-22-6-3-4-9-30(22)43-20-29-27-16-21(24-7-5-8-26-25(24)12-14-35-33(26)34)10-11-28(27)36-38(29)23-13-15-37(18-23)19-31(39)40/h3-12,14,16,23H,2,13,15,17-20H2,1H3,(H2,34,35)(H,39,40)/t23-/m0/s1. The Kier molecular flexibility index (Phi) is 7.93. The second-order valence-electron chi connectivity index (χ2n) is 10.7. The van der Waals surface area contributed by atoms with Crippen molar-refractivity contribution in [1.29, 1.82) is 0 Å². The van der Waals surface area contributed by atoms with E-state index in [1.54, 1.807) is 13.1 Å². The number of hydrogen-bond donors (Lipinski definition) is 2. The lowest BCUT2D eigenvalue weighted by atomic mass is 9.97. The monoisotopic (exact) mass is 579 g/mol. The highest BCUT2D eigenvalue weighted by molar-refractivity contribution is 6.02. The topological polar surface area (TPSA) is 133 Å². The fourth-order valence-corrected chi connectivity index (χ4v) is 5.90. The van der Waals surface area contributed by atoms with Gasteiger partial charge in [0, 0.05) is 35.6 Å². The Hall–Kier alpha value is -4.96. The SMILES string of the molecule is CCOC(=O)Cc1ccccc1OCc1c2cc(-c3cccc4c(N)nccc34)ccc2nn1[C@H]1CCN(CC(=O)O)C1. The van der Waals surface area contributed by atoms with Crippen LogP contribution in [0.5, 0.6) is 5.75 Å². The molecule has 3 heterocycles. The molecule has 5 aromatic rings. The van der Waals surface area contributed by atoms with E-state index in [9.17, 15) is 14.7 Å². The minimum atomic E-state index is -0.844. The summed E-state index contributed by atoms with van der Waals surface area (Å²) in [6.07, 6.45) is 2.60. The fourth-order valence-electron chi connectivity index (χ4n) is 5.90. The summed E-state index contributed by atoms with van der Waals surface area (Å²) in [7, 11) is 0. The third-order valence-corrected chi connectivity index (χ3v) is 7.88. The van der Waals surface area contributed by atoms with Crippen LogP contribution in [-0.4, -0.2) is 63.0 Å². The summed E-state index contributed by atoms with van der Waals surface area (Å²) in [5.74, 6) is -0.0720. The van der Waals surface area contributed by atoms with Crippen LogP contribution in [0.4, 0.5) is 5.82 Å². The summed E-state index contributed by atoms with van der Waals surface area (Å²) < 4.78 is 13.5. The number of aromatic nitrogens is 3. The summed E-state index contributed by atoms with van der Waals surface area (Å²) in [6, 6.07) is 21.6. The summed E-state index contributed by atoms with van der Waals surface area (Å²) in [5, 5.41) is 17.2. The molecule has 1 aliphatic rings. The van der Waals surface area contributed by atoms with Crippen LogP contribution in [-0.2, 0) is 27.4 Å². The number of para-hydroxylation sites is 1. The summed E-state index contributed by atoms with van der Waals surface area (Å²) in [6.45, 7) is 3.55. The second-order valence-corrected chi connectivity index (χ2v) is 10.7. The lowest BCUT2D eigenvalue weighted by molar-refractivity contribution is -0.142. The molecule has 10 nitrogen and oxygen atoms in total. The molecule has 2 aromatic heterocycles. The molecule has 0 aliphatic carbocycles. The predicted molar refractivity (Wildman–Crippen MR) is 164 cm³/mol. The quantitative estimate of drug-likeness (QED) is 0.223. The van der Waals surface area contributed by atoms with Gasteiger partial charge in [0.2, 0.25) is 0 Å². The lowest BCUT2D eigenvalue weighted by Gasteiger charge is -2.17. The summed E-state index contributed by atoms with van der Waals surface area (Å²) >= 11 is 0. The number of aliphatic carboxylic acids is 1. The van der Waals surface area contributed by atoms with Gasteiger partial charge in [-0.3, -0.25) is 19.2 Å². The smallest absolute Gasteiger partial charge is 0.317 e. The molecule has 10 heteroatoms. The second kappa shape index (κ2) is 12.1. The Morgan fingerprint density at radius 2 is 1.91 bits per heavy atom. The molecule has 1 aliphatic heterocycles. The van der Waals surface area contributed by atoms with Gasteiger partial charge in [-0.15, -0.1) is 0 Å². The zero-order valence-electron chi connectivity index (χ0n) is 23.9. The van der Waals surface area contributed by atoms with Crippen molar-refractivity contribution in [1.82, 2.24) is 19.7 Å². The Bertz CT molecular complexity index is 1820. The lowest BCUT2D eigenvalue weighted by Crippen LogP contribution is -2.28. The first-order valence-corrected chi connectivity index (χ1v) is 14.4. The minimum Gasteiger partial charge on any atom is -0.487 e. The molecule has 0 amide bonds. The minimum absolute atomic E-state index is 0.00637. The number of carbonyl (C=O) groups excluding carboxylic acids is 1. The largest absolute Gasteiger partial charge is 0.487 e. The number of esters is 1. The van der Waals surface area contributed by atoms with Crippen LogP contribution >= 0.6 is 0 Å². The van der Waals surface area contributed by atoms with Crippen molar-refractivity contribution >= 4 is 39.4 Å². The van der Waals surface area contributed by atoms with Crippen molar-refractivity contribution in [3.8, 4) is 16.9 Å². The number of carbonyl (C=O) groups is 2. The molecule has 0 bridgehead atoms. The highest BCUT2D eigenvalue weighted by Crippen LogP contribution is 2.35. The van der Waals surface area contributed by atoms with Crippen LogP contribution in [0, 0.1) is 0 Å². The van der Waals surface area contributed by atoms with Crippen molar-refractivity contribution in [2.45, 2.75) is 32.4 Å². The van der Waals surface area contributed by atoms with E-state index in [1.165, 1.54) is 0 Å². The maximum atomic E-state index is 12.2. The van der Waals surface area contributed by atoms with Crippen LogP contribution in [0.2, 0.25) is 0 Å². The van der Waals surface area contributed by atoms with E-state index in [2.05, 4.69) is 23.2 Å². The molecule has 3 N–H and O–H groups in total. The number of benzene rings is 3. The number of rotatable bonds is 10. The number of carboxylic acids is 1. The number of nitrogen functional groups attached to an aromatic ring is 1. The molecule has 220 valence electrons. The summed E-state index contributed by atoms with van der Waals surface area (Å²) in [5.41, 5.74) is 10.7. The van der Waals surface area contributed by atoms with Gasteiger partial charge in [-0.2, -0.15) is 5.10 Å². The van der Waals surface area contributed by atoms with Crippen LogP contribution < -0.4 is 10.5 Å². The van der Waals surface area contributed by atoms with E-state index in [1.807, 2.05) is 58.1 Å². The molecule has 1 atom stereocenters. The van der Waals surface area contributed by atoms with Gasteiger partial charge in [0.05, 0.1) is 36.8 Å². The van der Waals surface area contributed by atoms with E-state index < -0.39 is 5.97 Å². The maximum Gasteiger partial charge on any atom is 0.317 e.